The minimum Gasteiger partial charge on any atom is -0.495 e. The minimum atomic E-state index is -3.62. The monoisotopic (exact) mass is 451 g/mol. The predicted octanol–water partition coefficient (Wildman–Crippen LogP) is 3.46. The van der Waals surface area contributed by atoms with Crippen molar-refractivity contribution in [3.05, 3.63) is 84.4 Å². The number of hydrogen-bond donors (Lipinski definition) is 1. The van der Waals surface area contributed by atoms with E-state index in [0.717, 1.165) is 11.4 Å². The van der Waals surface area contributed by atoms with Crippen LogP contribution in [0.2, 0.25) is 0 Å². The largest absolute Gasteiger partial charge is 0.495 e. The molecular weight excluding hydrogens is 426 g/mol. The molecule has 0 radical (unpaired) electrons. The first-order valence-electron chi connectivity index (χ1n) is 10.3. The Morgan fingerprint density at radius 3 is 2.12 bits per heavy atom. The number of benzene rings is 3. The fourth-order valence-corrected chi connectivity index (χ4v) is 5.13. The van der Waals surface area contributed by atoms with Crippen LogP contribution < -0.4 is 15.0 Å². The Morgan fingerprint density at radius 2 is 1.47 bits per heavy atom. The van der Waals surface area contributed by atoms with E-state index in [1.165, 1.54) is 16.4 Å². The van der Waals surface area contributed by atoms with E-state index in [0.29, 0.717) is 37.4 Å². The maximum absolute atomic E-state index is 13.1. The number of nitrogens with one attached hydrogen (secondary N) is 1. The van der Waals surface area contributed by atoms with Gasteiger partial charge in [-0.05, 0) is 48.5 Å². The van der Waals surface area contributed by atoms with Gasteiger partial charge in [-0.3, -0.25) is 4.79 Å². The highest BCUT2D eigenvalue weighted by Gasteiger charge is 2.29. The van der Waals surface area contributed by atoms with E-state index in [1.54, 1.807) is 43.5 Å². The molecule has 1 heterocycles. The van der Waals surface area contributed by atoms with E-state index in [-0.39, 0.29) is 10.8 Å². The molecule has 8 heteroatoms. The van der Waals surface area contributed by atoms with Crippen molar-refractivity contribution < 1.29 is 17.9 Å². The third-order valence-corrected chi connectivity index (χ3v) is 7.36. The number of methoxy groups -OCH3 is 1. The van der Waals surface area contributed by atoms with Gasteiger partial charge in [0.25, 0.3) is 5.91 Å². The number of nitrogens with zero attached hydrogens (tertiary/aromatic N) is 2. The molecule has 166 valence electrons. The van der Waals surface area contributed by atoms with Gasteiger partial charge in [0.15, 0.2) is 0 Å². The average Bonchev–Trinajstić information content (AvgIpc) is 2.85. The highest BCUT2D eigenvalue weighted by molar-refractivity contribution is 7.89. The molecule has 1 amide bonds. The molecule has 1 aliphatic heterocycles. The average molecular weight is 452 g/mol. The summed E-state index contributed by atoms with van der Waals surface area (Å²) in [6, 6.07) is 22.9. The fourth-order valence-electron chi connectivity index (χ4n) is 3.71. The first-order valence-corrected chi connectivity index (χ1v) is 11.8. The number of hydrogen-bond acceptors (Lipinski definition) is 5. The molecule has 1 N–H and O–H groups in total. The lowest BCUT2D eigenvalue weighted by molar-refractivity contribution is 0.102. The summed E-state index contributed by atoms with van der Waals surface area (Å²) in [5, 5.41) is 2.79. The number of anilines is 2. The summed E-state index contributed by atoms with van der Waals surface area (Å²) in [6.45, 7) is 1.91. The second kappa shape index (κ2) is 9.42. The van der Waals surface area contributed by atoms with Gasteiger partial charge in [-0.25, -0.2) is 8.42 Å². The number of carbonyl (C=O) groups is 1. The SMILES string of the molecule is COc1ccccc1N1CCN(S(=O)(=O)c2ccc(NC(=O)c3ccccc3)cc2)CC1. The number of sulfonamides is 1. The fraction of sp³-hybridized carbons (Fsp3) is 0.208. The first-order chi connectivity index (χ1) is 15.5. The third kappa shape index (κ3) is 4.61. The van der Waals surface area contributed by atoms with E-state index in [4.69, 9.17) is 4.74 Å². The van der Waals surface area contributed by atoms with Gasteiger partial charge in [0, 0.05) is 37.4 Å². The molecule has 1 aliphatic rings. The van der Waals surface area contributed by atoms with Crippen molar-refractivity contribution in [2.45, 2.75) is 4.90 Å². The van der Waals surface area contributed by atoms with Crippen LogP contribution in [0.15, 0.2) is 83.8 Å². The summed E-state index contributed by atoms with van der Waals surface area (Å²) in [5.41, 5.74) is 2.04. The van der Waals surface area contributed by atoms with Gasteiger partial charge >= 0.3 is 0 Å². The normalized spacial score (nSPS) is 14.7. The van der Waals surface area contributed by atoms with Crippen molar-refractivity contribution in [2.24, 2.45) is 0 Å². The lowest BCUT2D eigenvalue weighted by atomic mass is 10.2. The Kier molecular flexibility index (Phi) is 6.43. The van der Waals surface area contributed by atoms with Gasteiger partial charge in [0.05, 0.1) is 17.7 Å². The van der Waals surface area contributed by atoms with E-state index in [1.807, 2.05) is 30.3 Å². The van der Waals surface area contributed by atoms with Gasteiger partial charge in [-0.15, -0.1) is 0 Å². The number of ether oxygens (including phenoxy) is 1. The minimum absolute atomic E-state index is 0.209. The van der Waals surface area contributed by atoms with Gasteiger partial charge in [-0.2, -0.15) is 4.31 Å². The van der Waals surface area contributed by atoms with Gasteiger partial charge < -0.3 is 15.0 Å². The Hall–Kier alpha value is -3.36. The number of carbonyl (C=O) groups excluding carboxylic acids is 1. The summed E-state index contributed by atoms with van der Waals surface area (Å²) >= 11 is 0. The number of rotatable bonds is 6. The molecule has 1 saturated heterocycles. The Morgan fingerprint density at radius 1 is 0.844 bits per heavy atom. The maximum Gasteiger partial charge on any atom is 0.255 e. The second-order valence-corrected chi connectivity index (χ2v) is 9.35. The summed E-state index contributed by atoms with van der Waals surface area (Å²) in [7, 11) is -1.99. The van der Waals surface area contributed by atoms with Crippen LogP contribution in [0, 0.1) is 0 Å². The van der Waals surface area contributed by atoms with Gasteiger partial charge in [0.2, 0.25) is 10.0 Å². The zero-order valence-electron chi connectivity index (χ0n) is 17.8. The van der Waals surface area contributed by atoms with Crippen LogP contribution in [-0.2, 0) is 10.0 Å². The molecule has 0 saturated carbocycles. The van der Waals surface area contributed by atoms with E-state index < -0.39 is 10.0 Å². The molecule has 0 unspecified atom stereocenters. The summed E-state index contributed by atoms with van der Waals surface area (Å²) in [5.74, 6) is 0.533. The van der Waals surface area contributed by atoms with Crippen LogP contribution in [-0.4, -0.2) is 51.9 Å². The van der Waals surface area contributed by atoms with Crippen LogP contribution in [0.25, 0.3) is 0 Å². The van der Waals surface area contributed by atoms with Gasteiger partial charge in [-0.1, -0.05) is 30.3 Å². The molecule has 0 bridgehead atoms. The van der Waals surface area contributed by atoms with Crippen LogP contribution in [0.5, 0.6) is 5.75 Å². The summed E-state index contributed by atoms with van der Waals surface area (Å²) in [4.78, 5) is 14.6. The lowest BCUT2D eigenvalue weighted by Crippen LogP contribution is -2.48. The second-order valence-electron chi connectivity index (χ2n) is 7.41. The molecule has 0 atom stereocenters. The van der Waals surface area contributed by atoms with Crippen LogP contribution in [0.1, 0.15) is 10.4 Å². The Balaban J connectivity index is 1.41. The van der Waals surface area contributed by atoms with Crippen LogP contribution >= 0.6 is 0 Å². The van der Waals surface area contributed by atoms with Crippen molar-refractivity contribution in [1.29, 1.82) is 0 Å². The van der Waals surface area contributed by atoms with Crippen molar-refractivity contribution in [3.8, 4) is 5.75 Å². The van der Waals surface area contributed by atoms with Crippen molar-refractivity contribution in [1.82, 2.24) is 4.31 Å². The molecule has 4 rings (SSSR count). The molecule has 0 spiro atoms. The van der Waals surface area contributed by atoms with Crippen molar-refractivity contribution >= 4 is 27.3 Å². The van der Waals surface area contributed by atoms with Crippen LogP contribution in [0.4, 0.5) is 11.4 Å². The molecule has 0 aromatic heterocycles. The summed E-state index contributed by atoms with van der Waals surface area (Å²) in [6.07, 6.45) is 0. The quantitative estimate of drug-likeness (QED) is 0.621. The van der Waals surface area contributed by atoms with Crippen molar-refractivity contribution in [3.63, 3.8) is 0 Å². The third-order valence-electron chi connectivity index (χ3n) is 5.45. The zero-order valence-corrected chi connectivity index (χ0v) is 18.6. The smallest absolute Gasteiger partial charge is 0.255 e. The molecule has 3 aromatic carbocycles. The Labute approximate surface area is 188 Å². The number of piperazine rings is 1. The van der Waals surface area contributed by atoms with Crippen LogP contribution in [0.3, 0.4) is 0 Å². The van der Waals surface area contributed by atoms with E-state index >= 15 is 0 Å². The van der Waals surface area contributed by atoms with Crippen molar-refractivity contribution in [2.75, 3.05) is 43.5 Å². The standard InChI is InChI=1S/C24H25N3O4S/c1-31-23-10-6-5-9-22(23)26-15-17-27(18-16-26)32(29,30)21-13-11-20(12-14-21)25-24(28)19-7-3-2-4-8-19/h2-14H,15-18H2,1H3,(H,25,28). The molecule has 0 aliphatic carbocycles. The molecule has 32 heavy (non-hydrogen) atoms. The first kappa shape index (κ1) is 21.9. The zero-order chi connectivity index (χ0) is 22.6. The van der Waals surface area contributed by atoms with E-state index in [2.05, 4.69) is 10.2 Å². The lowest BCUT2D eigenvalue weighted by Gasteiger charge is -2.35. The highest BCUT2D eigenvalue weighted by atomic mass is 32.2. The Bertz CT molecular complexity index is 1170. The van der Waals surface area contributed by atoms with E-state index in [9.17, 15) is 13.2 Å². The summed E-state index contributed by atoms with van der Waals surface area (Å²) < 4.78 is 33.1. The number of para-hydroxylation sites is 2. The van der Waals surface area contributed by atoms with Gasteiger partial charge in [0.1, 0.15) is 5.75 Å². The predicted molar refractivity (Wildman–Crippen MR) is 125 cm³/mol. The molecular formula is C24H25N3O4S. The highest BCUT2D eigenvalue weighted by Crippen LogP contribution is 2.29. The molecule has 7 nitrogen and oxygen atoms in total. The topological polar surface area (TPSA) is 79.0 Å². The number of amides is 1. The molecule has 3 aromatic rings. The maximum atomic E-state index is 13.1. The molecule has 1 fully saturated rings.